The predicted molar refractivity (Wildman–Crippen MR) is 96.2 cm³/mol. The van der Waals surface area contributed by atoms with Gasteiger partial charge in [0.05, 0.1) is 19.4 Å². The summed E-state index contributed by atoms with van der Waals surface area (Å²) >= 11 is 0. The van der Waals surface area contributed by atoms with E-state index in [1.807, 2.05) is 44.2 Å². The maximum absolute atomic E-state index is 12.3. The lowest BCUT2D eigenvalue weighted by Crippen LogP contribution is -3.14. The molecule has 2 rings (SSSR count). The van der Waals surface area contributed by atoms with Gasteiger partial charge in [-0.15, -0.1) is 0 Å². The van der Waals surface area contributed by atoms with Crippen LogP contribution in [0.3, 0.4) is 0 Å². The van der Waals surface area contributed by atoms with Gasteiger partial charge in [0.2, 0.25) is 0 Å². The van der Waals surface area contributed by atoms with E-state index in [1.165, 1.54) is 0 Å². The number of amides is 2. The zero-order chi connectivity index (χ0) is 18.1. The summed E-state index contributed by atoms with van der Waals surface area (Å²) in [6.07, 6.45) is 2.48. The molecule has 0 saturated heterocycles. The van der Waals surface area contributed by atoms with Crippen molar-refractivity contribution in [3.63, 3.8) is 0 Å². The van der Waals surface area contributed by atoms with Crippen molar-refractivity contribution in [2.75, 3.05) is 25.0 Å². The van der Waals surface area contributed by atoms with Crippen molar-refractivity contribution in [3.8, 4) is 0 Å². The standard InChI is InChI=1S/C19H25N3O3/c1-3-10-22(13-18(23)20-12-16-8-6-11-25-16)14-19(24)21-17-9-5-4-7-15(17)2/h4-9,11H,3,10,12-14H2,1-2H3,(H,20,23)(H,21,24)/p+1. The molecule has 0 saturated carbocycles. The first-order chi connectivity index (χ1) is 12.1. The summed E-state index contributed by atoms with van der Waals surface area (Å²) in [5, 5.41) is 5.74. The Morgan fingerprint density at radius 3 is 2.52 bits per heavy atom. The topological polar surface area (TPSA) is 75.8 Å². The molecule has 1 atom stereocenters. The van der Waals surface area contributed by atoms with Crippen molar-refractivity contribution in [1.29, 1.82) is 0 Å². The first-order valence-electron chi connectivity index (χ1n) is 8.56. The van der Waals surface area contributed by atoms with E-state index in [0.717, 1.165) is 29.1 Å². The number of carbonyl (C=O) groups is 2. The fourth-order valence-electron chi connectivity index (χ4n) is 2.62. The molecule has 0 radical (unpaired) electrons. The number of benzene rings is 1. The lowest BCUT2D eigenvalue weighted by molar-refractivity contribution is -0.883. The lowest BCUT2D eigenvalue weighted by atomic mass is 10.2. The summed E-state index contributed by atoms with van der Waals surface area (Å²) < 4.78 is 5.19. The third kappa shape index (κ3) is 6.43. The second-order valence-electron chi connectivity index (χ2n) is 6.07. The maximum atomic E-state index is 12.3. The Morgan fingerprint density at radius 1 is 1.08 bits per heavy atom. The third-order valence-electron chi connectivity index (χ3n) is 3.88. The highest BCUT2D eigenvalue weighted by Crippen LogP contribution is 2.12. The third-order valence-corrected chi connectivity index (χ3v) is 3.88. The van der Waals surface area contributed by atoms with Crippen LogP contribution in [-0.4, -0.2) is 31.4 Å². The van der Waals surface area contributed by atoms with E-state index in [0.29, 0.717) is 12.3 Å². The zero-order valence-corrected chi connectivity index (χ0v) is 14.8. The van der Waals surface area contributed by atoms with E-state index in [1.54, 1.807) is 12.3 Å². The molecule has 0 fully saturated rings. The number of quaternary nitrogens is 1. The van der Waals surface area contributed by atoms with Gasteiger partial charge in [-0.05, 0) is 37.1 Å². The number of furan rings is 1. The summed E-state index contributed by atoms with van der Waals surface area (Å²) in [6, 6.07) is 11.3. The van der Waals surface area contributed by atoms with Crippen LogP contribution in [0.15, 0.2) is 47.1 Å². The van der Waals surface area contributed by atoms with E-state index >= 15 is 0 Å². The van der Waals surface area contributed by atoms with Crippen LogP contribution in [0.4, 0.5) is 5.69 Å². The summed E-state index contributed by atoms with van der Waals surface area (Å²) in [7, 11) is 0. The minimum absolute atomic E-state index is 0.0865. The van der Waals surface area contributed by atoms with Crippen LogP contribution in [0.1, 0.15) is 24.7 Å². The molecule has 1 aromatic heterocycles. The molecule has 1 heterocycles. The molecule has 0 aliphatic carbocycles. The van der Waals surface area contributed by atoms with Crippen LogP contribution in [-0.2, 0) is 16.1 Å². The Kier molecular flexibility index (Phi) is 7.22. The zero-order valence-electron chi connectivity index (χ0n) is 14.8. The Balaban J connectivity index is 1.83. The summed E-state index contributed by atoms with van der Waals surface area (Å²) in [5.41, 5.74) is 1.83. The quantitative estimate of drug-likeness (QED) is 0.638. The highest BCUT2D eigenvalue weighted by Gasteiger charge is 2.18. The van der Waals surface area contributed by atoms with Gasteiger partial charge in [0.1, 0.15) is 5.76 Å². The highest BCUT2D eigenvalue weighted by molar-refractivity contribution is 5.92. The number of anilines is 1. The number of nitrogens with one attached hydrogen (secondary N) is 3. The molecular formula is C19H26N3O3+. The maximum Gasteiger partial charge on any atom is 0.279 e. The molecule has 1 unspecified atom stereocenters. The molecule has 0 bridgehead atoms. The smallest absolute Gasteiger partial charge is 0.279 e. The van der Waals surface area contributed by atoms with E-state index in [2.05, 4.69) is 10.6 Å². The van der Waals surface area contributed by atoms with Gasteiger partial charge in [-0.25, -0.2) is 0 Å². The van der Waals surface area contributed by atoms with Crippen LogP contribution in [0.5, 0.6) is 0 Å². The number of carbonyl (C=O) groups excluding carboxylic acids is 2. The van der Waals surface area contributed by atoms with E-state index in [9.17, 15) is 9.59 Å². The molecule has 0 spiro atoms. The van der Waals surface area contributed by atoms with Crippen LogP contribution in [0.25, 0.3) is 0 Å². The Bertz CT molecular complexity index is 683. The Hall–Kier alpha value is -2.60. The average molecular weight is 344 g/mol. The van der Waals surface area contributed by atoms with Gasteiger partial charge >= 0.3 is 0 Å². The highest BCUT2D eigenvalue weighted by atomic mass is 16.3. The molecule has 25 heavy (non-hydrogen) atoms. The predicted octanol–water partition coefficient (Wildman–Crippen LogP) is 1.14. The Labute approximate surface area is 148 Å². The number of rotatable bonds is 9. The number of aryl methyl sites for hydroxylation is 1. The van der Waals surface area contributed by atoms with Crippen molar-refractivity contribution in [3.05, 3.63) is 54.0 Å². The molecule has 0 aliphatic heterocycles. The minimum atomic E-state index is -0.0939. The fraction of sp³-hybridized carbons (Fsp3) is 0.368. The van der Waals surface area contributed by atoms with Gasteiger partial charge in [0, 0.05) is 5.69 Å². The number of hydrogen-bond acceptors (Lipinski definition) is 3. The van der Waals surface area contributed by atoms with E-state index < -0.39 is 0 Å². The van der Waals surface area contributed by atoms with Gasteiger partial charge < -0.3 is 20.0 Å². The van der Waals surface area contributed by atoms with Gasteiger partial charge in [-0.1, -0.05) is 25.1 Å². The molecule has 2 amide bonds. The van der Waals surface area contributed by atoms with Crippen molar-refractivity contribution in [1.82, 2.24) is 5.32 Å². The lowest BCUT2D eigenvalue weighted by Gasteiger charge is -2.18. The fourth-order valence-corrected chi connectivity index (χ4v) is 2.62. The van der Waals surface area contributed by atoms with Gasteiger partial charge in [-0.3, -0.25) is 9.59 Å². The SMILES string of the molecule is CCC[NH+](CC(=O)NCc1ccco1)CC(=O)Nc1ccccc1C. The molecule has 6 nitrogen and oxygen atoms in total. The molecule has 6 heteroatoms. The van der Waals surface area contributed by atoms with Crippen LogP contribution in [0, 0.1) is 6.92 Å². The summed E-state index contributed by atoms with van der Waals surface area (Å²) in [6.45, 7) is 5.64. The van der Waals surface area contributed by atoms with E-state index in [-0.39, 0.29) is 24.9 Å². The average Bonchev–Trinajstić information content (AvgIpc) is 3.09. The van der Waals surface area contributed by atoms with Crippen LogP contribution < -0.4 is 15.5 Å². The molecule has 134 valence electrons. The van der Waals surface area contributed by atoms with E-state index in [4.69, 9.17) is 4.42 Å². The second kappa shape index (κ2) is 9.64. The Morgan fingerprint density at radius 2 is 1.84 bits per heavy atom. The number of hydrogen-bond donors (Lipinski definition) is 3. The first kappa shape index (κ1) is 18.7. The number of para-hydroxylation sites is 1. The molecular weight excluding hydrogens is 318 g/mol. The normalized spacial score (nSPS) is 11.8. The monoisotopic (exact) mass is 344 g/mol. The van der Waals surface area contributed by atoms with Crippen molar-refractivity contribution in [2.24, 2.45) is 0 Å². The molecule has 1 aromatic carbocycles. The minimum Gasteiger partial charge on any atom is -0.467 e. The molecule has 2 aromatic rings. The van der Waals surface area contributed by atoms with Crippen molar-refractivity contribution >= 4 is 17.5 Å². The van der Waals surface area contributed by atoms with Gasteiger partial charge in [0.25, 0.3) is 11.8 Å². The summed E-state index contributed by atoms with van der Waals surface area (Å²) in [4.78, 5) is 25.3. The second-order valence-corrected chi connectivity index (χ2v) is 6.07. The molecule has 0 aliphatic rings. The molecule has 3 N–H and O–H groups in total. The van der Waals surface area contributed by atoms with Crippen LogP contribution >= 0.6 is 0 Å². The van der Waals surface area contributed by atoms with Gasteiger partial charge in [0.15, 0.2) is 13.1 Å². The summed E-state index contributed by atoms with van der Waals surface area (Å²) in [5.74, 6) is 0.530. The van der Waals surface area contributed by atoms with Crippen molar-refractivity contribution < 1.29 is 18.9 Å². The first-order valence-corrected chi connectivity index (χ1v) is 8.56. The van der Waals surface area contributed by atoms with Crippen LogP contribution in [0.2, 0.25) is 0 Å². The van der Waals surface area contributed by atoms with Gasteiger partial charge in [-0.2, -0.15) is 0 Å². The van der Waals surface area contributed by atoms with Crippen molar-refractivity contribution in [2.45, 2.75) is 26.8 Å². The largest absolute Gasteiger partial charge is 0.467 e.